The highest BCUT2D eigenvalue weighted by atomic mass is 16.3. The molecule has 0 radical (unpaired) electrons. The smallest absolute Gasteiger partial charge is 0.145 e. The van der Waals surface area contributed by atoms with Crippen molar-refractivity contribution in [3.63, 3.8) is 0 Å². The molecule has 0 fully saturated rings. The number of hydrogen-bond donors (Lipinski definition) is 0. The lowest BCUT2D eigenvalue weighted by Gasteiger charge is -2.11. The zero-order chi connectivity index (χ0) is 33.0. The zero-order valence-electron chi connectivity index (χ0n) is 27.1. The van der Waals surface area contributed by atoms with Crippen molar-refractivity contribution in [1.29, 1.82) is 0 Å². The number of pyridine rings is 1. The van der Waals surface area contributed by atoms with E-state index in [2.05, 4.69) is 174 Å². The van der Waals surface area contributed by atoms with Gasteiger partial charge in [0.05, 0.1) is 27.8 Å². The average molecular weight is 639 g/mol. The zero-order valence-corrected chi connectivity index (χ0v) is 27.1. The summed E-state index contributed by atoms with van der Waals surface area (Å²) in [7, 11) is 0. The maximum absolute atomic E-state index is 7.03. The monoisotopic (exact) mass is 638 g/mol. The summed E-state index contributed by atoms with van der Waals surface area (Å²) >= 11 is 0. The Morgan fingerprint density at radius 2 is 0.940 bits per heavy atom. The molecule has 0 aliphatic carbocycles. The Bertz CT molecular complexity index is 2830. The van der Waals surface area contributed by atoms with Crippen molar-refractivity contribution in [2.75, 3.05) is 0 Å². The van der Waals surface area contributed by atoms with Gasteiger partial charge in [-0.3, -0.25) is 0 Å². The molecule has 3 nitrogen and oxygen atoms in total. The molecule has 0 N–H and O–H groups in total. The summed E-state index contributed by atoms with van der Waals surface area (Å²) < 4.78 is 9.37. The van der Waals surface area contributed by atoms with Gasteiger partial charge in [-0.15, -0.1) is 0 Å². The molecule has 0 aliphatic heterocycles. The van der Waals surface area contributed by atoms with Gasteiger partial charge < -0.3 is 8.98 Å². The Balaban J connectivity index is 1.19. The fourth-order valence-corrected chi connectivity index (χ4v) is 7.45. The summed E-state index contributed by atoms with van der Waals surface area (Å²) in [6.45, 7) is 0. The lowest BCUT2D eigenvalue weighted by atomic mass is 9.97. The van der Waals surface area contributed by atoms with Crippen molar-refractivity contribution in [2.24, 2.45) is 0 Å². The third-order valence-corrected chi connectivity index (χ3v) is 9.81. The largest absolute Gasteiger partial charge is 0.455 e. The topological polar surface area (TPSA) is 31.0 Å². The van der Waals surface area contributed by atoms with E-state index >= 15 is 0 Å². The Labute approximate surface area is 289 Å². The van der Waals surface area contributed by atoms with Crippen LogP contribution in [-0.2, 0) is 0 Å². The predicted molar refractivity (Wildman–Crippen MR) is 208 cm³/mol. The first-order valence-electron chi connectivity index (χ1n) is 17.0. The summed E-state index contributed by atoms with van der Waals surface area (Å²) in [5.41, 5.74) is 13.7. The molecule has 3 heterocycles. The first-order valence-corrected chi connectivity index (χ1v) is 17.0. The van der Waals surface area contributed by atoms with Gasteiger partial charge in [-0.25, -0.2) is 4.98 Å². The van der Waals surface area contributed by atoms with Crippen LogP contribution in [0.5, 0.6) is 0 Å². The van der Waals surface area contributed by atoms with Crippen LogP contribution in [-0.4, -0.2) is 9.55 Å². The van der Waals surface area contributed by atoms with Crippen molar-refractivity contribution in [3.05, 3.63) is 182 Å². The SMILES string of the molecule is c1ccc(-c2ccc(-c3cc(-c4cccc5c4oc4c5ccc5c4c4ccccc4n5-c4ccccc4)cc(-c4ccccc4)n3)cc2)cc1. The van der Waals surface area contributed by atoms with E-state index in [4.69, 9.17) is 9.40 Å². The molecule has 50 heavy (non-hydrogen) atoms. The van der Waals surface area contributed by atoms with Crippen LogP contribution in [0.25, 0.3) is 94.2 Å². The summed E-state index contributed by atoms with van der Waals surface area (Å²) in [6.07, 6.45) is 0. The number of hydrogen-bond acceptors (Lipinski definition) is 2. The highest BCUT2D eigenvalue weighted by molar-refractivity contribution is 6.24. The highest BCUT2D eigenvalue weighted by Gasteiger charge is 2.20. The second-order valence-corrected chi connectivity index (χ2v) is 12.7. The molecule has 7 aromatic carbocycles. The van der Waals surface area contributed by atoms with E-state index < -0.39 is 0 Å². The van der Waals surface area contributed by atoms with Gasteiger partial charge in [0.2, 0.25) is 0 Å². The van der Waals surface area contributed by atoms with Gasteiger partial charge in [0.25, 0.3) is 0 Å². The fourth-order valence-electron chi connectivity index (χ4n) is 7.45. The standard InChI is InChI=1S/C47H30N2O/c1-4-13-31(14-5-1)32-23-25-34(26-24-32)42-30-35(29-41(48-42)33-15-6-2-7-16-33)37-20-12-21-38-39-27-28-44-45(47(39)50-46(37)38)40-19-10-11-22-43(40)49(44)36-17-8-3-9-18-36/h1-30H. The van der Waals surface area contributed by atoms with Crippen LogP contribution in [0.3, 0.4) is 0 Å². The maximum Gasteiger partial charge on any atom is 0.145 e. The molecule has 10 aromatic rings. The van der Waals surface area contributed by atoms with E-state index in [1.807, 2.05) is 12.1 Å². The third-order valence-electron chi connectivity index (χ3n) is 9.81. The Morgan fingerprint density at radius 1 is 0.380 bits per heavy atom. The van der Waals surface area contributed by atoms with Gasteiger partial charge in [-0.1, -0.05) is 140 Å². The van der Waals surface area contributed by atoms with Crippen LogP contribution in [0.2, 0.25) is 0 Å². The second-order valence-electron chi connectivity index (χ2n) is 12.7. The Hall–Kier alpha value is -6.71. The van der Waals surface area contributed by atoms with E-state index in [1.54, 1.807) is 0 Å². The number of aromatic nitrogens is 2. The second kappa shape index (κ2) is 11.5. The molecule has 0 amide bonds. The maximum atomic E-state index is 7.03. The molecule has 3 heteroatoms. The normalized spacial score (nSPS) is 11.6. The van der Waals surface area contributed by atoms with E-state index in [0.29, 0.717) is 0 Å². The highest BCUT2D eigenvalue weighted by Crippen LogP contribution is 2.43. The molecule has 0 unspecified atom stereocenters. The summed E-state index contributed by atoms with van der Waals surface area (Å²) in [5.74, 6) is 0. The third kappa shape index (κ3) is 4.56. The van der Waals surface area contributed by atoms with E-state index in [-0.39, 0.29) is 0 Å². The van der Waals surface area contributed by atoms with Crippen LogP contribution in [0.15, 0.2) is 186 Å². The van der Waals surface area contributed by atoms with Gasteiger partial charge >= 0.3 is 0 Å². The fraction of sp³-hybridized carbons (Fsp3) is 0. The molecule has 0 bridgehead atoms. The molecule has 0 saturated heterocycles. The lowest BCUT2D eigenvalue weighted by Crippen LogP contribution is -1.92. The van der Waals surface area contributed by atoms with E-state index in [0.717, 1.165) is 77.7 Å². The van der Waals surface area contributed by atoms with Gasteiger partial charge in [0.15, 0.2) is 0 Å². The summed E-state index contributed by atoms with van der Waals surface area (Å²) in [5, 5.41) is 4.51. The molecular formula is C47H30N2O. The molecular weight excluding hydrogens is 609 g/mol. The number of benzene rings is 7. The van der Waals surface area contributed by atoms with Crippen LogP contribution in [0.4, 0.5) is 0 Å². The van der Waals surface area contributed by atoms with Crippen LogP contribution >= 0.6 is 0 Å². The predicted octanol–water partition coefficient (Wildman–Crippen LogP) is 12.7. The number of furan rings is 1. The molecule has 3 aromatic heterocycles. The van der Waals surface area contributed by atoms with Crippen LogP contribution in [0, 0.1) is 0 Å². The quantitative estimate of drug-likeness (QED) is 0.188. The molecule has 234 valence electrons. The van der Waals surface area contributed by atoms with Gasteiger partial charge in [0.1, 0.15) is 11.2 Å². The number of para-hydroxylation sites is 3. The minimum absolute atomic E-state index is 0.877. The molecule has 0 aliphatic rings. The molecule has 0 atom stereocenters. The van der Waals surface area contributed by atoms with Gasteiger partial charge in [-0.05, 0) is 59.2 Å². The van der Waals surface area contributed by atoms with Gasteiger partial charge in [0, 0.05) is 38.5 Å². The minimum atomic E-state index is 0.877. The Morgan fingerprint density at radius 3 is 1.68 bits per heavy atom. The van der Waals surface area contributed by atoms with Crippen molar-refractivity contribution in [3.8, 4) is 50.5 Å². The molecule has 0 saturated carbocycles. The Kier molecular flexibility index (Phi) is 6.49. The van der Waals surface area contributed by atoms with E-state index in [1.165, 1.54) is 16.5 Å². The van der Waals surface area contributed by atoms with Crippen molar-refractivity contribution < 1.29 is 4.42 Å². The van der Waals surface area contributed by atoms with Crippen molar-refractivity contribution >= 4 is 43.7 Å². The first-order chi connectivity index (χ1) is 24.8. The average Bonchev–Trinajstić information content (AvgIpc) is 3.75. The van der Waals surface area contributed by atoms with Crippen LogP contribution in [0.1, 0.15) is 0 Å². The lowest BCUT2D eigenvalue weighted by molar-refractivity contribution is 0.674. The number of fused-ring (bicyclic) bond motifs is 7. The first kappa shape index (κ1) is 28.3. The summed E-state index contributed by atoms with van der Waals surface area (Å²) in [4.78, 5) is 5.20. The minimum Gasteiger partial charge on any atom is -0.455 e. The summed E-state index contributed by atoms with van der Waals surface area (Å²) in [6, 6.07) is 64.1. The molecule has 0 spiro atoms. The van der Waals surface area contributed by atoms with Gasteiger partial charge in [-0.2, -0.15) is 0 Å². The number of nitrogens with zero attached hydrogens (tertiary/aromatic N) is 2. The number of rotatable bonds is 5. The van der Waals surface area contributed by atoms with Crippen molar-refractivity contribution in [1.82, 2.24) is 9.55 Å². The van der Waals surface area contributed by atoms with E-state index in [9.17, 15) is 0 Å². The molecule has 10 rings (SSSR count). The van der Waals surface area contributed by atoms with Crippen LogP contribution < -0.4 is 0 Å². The van der Waals surface area contributed by atoms with Crippen molar-refractivity contribution in [2.45, 2.75) is 0 Å².